The van der Waals surface area contributed by atoms with Crippen molar-refractivity contribution in [1.29, 1.82) is 0 Å². The number of para-hydroxylation sites is 1. The Balaban J connectivity index is 1.46. The SMILES string of the molecule is O=C(c1ccc2c(c1)OCO2)[C@@H]1[C@@H](c2cccc([N+](=O)[O-])c2)[C@H]2CCCN2[C@@]12C(=O)Nc1ccccc12. The van der Waals surface area contributed by atoms with E-state index in [9.17, 15) is 19.7 Å². The zero-order valence-corrected chi connectivity index (χ0v) is 19.8. The maximum absolute atomic E-state index is 14.6. The van der Waals surface area contributed by atoms with Crippen LogP contribution in [0.15, 0.2) is 66.7 Å². The van der Waals surface area contributed by atoms with E-state index in [1.807, 2.05) is 30.3 Å². The zero-order chi connectivity index (χ0) is 25.3. The lowest BCUT2D eigenvalue weighted by molar-refractivity contribution is -0.384. The molecule has 0 aromatic heterocycles. The molecule has 7 rings (SSSR count). The van der Waals surface area contributed by atoms with Crippen molar-refractivity contribution in [2.24, 2.45) is 5.92 Å². The van der Waals surface area contributed by atoms with E-state index in [0.29, 0.717) is 34.9 Å². The summed E-state index contributed by atoms with van der Waals surface area (Å²) < 4.78 is 11.0. The highest BCUT2D eigenvalue weighted by Gasteiger charge is 2.69. The van der Waals surface area contributed by atoms with E-state index in [1.54, 1.807) is 30.3 Å². The number of nitrogens with one attached hydrogen (secondary N) is 1. The van der Waals surface area contributed by atoms with Gasteiger partial charge in [0.2, 0.25) is 12.7 Å². The molecular weight excluding hydrogens is 474 g/mol. The highest BCUT2D eigenvalue weighted by atomic mass is 16.7. The molecule has 0 saturated carbocycles. The summed E-state index contributed by atoms with van der Waals surface area (Å²) in [6.45, 7) is 0.741. The molecule has 4 aliphatic rings. The molecule has 2 fully saturated rings. The van der Waals surface area contributed by atoms with Gasteiger partial charge < -0.3 is 14.8 Å². The number of nitro benzene ring substituents is 1. The third-order valence-corrected chi connectivity index (χ3v) is 8.31. The van der Waals surface area contributed by atoms with Crippen LogP contribution in [0.1, 0.15) is 40.2 Å². The third kappa shape index (κ3) is 2.94. The van der Waals surface area contributed by atoms with E-state index in [-0.39, 0.29) is 30.2 Å². The average molecular weight is 498 g/mol. The second kappa shape index (κ2) is 7.88. The normalized spacial score (nSPS) is 27.2. The smallest absolute Gasteiger partial charge is 0.269 e. The maximum atomic E-state index is 14.6. The van der Waals surface area contributed by atoms with Crippen molar-refractivity contribution in [3.05, 3.63) is 93.5 Å². The van der Waals surface area contributed by atoms with Crippen LogP contribution in [0, 0.1) is 16.0 Å². The second-order valence-electron chi connectivity index (χ2n) is 9.96. The minimum atomic E-state index is -1.22. The number of anilines is 1. The molecule has 0 bridgehead atoms. The lowest BCUT2D eigenvalue weighted by atomic mass is 9.68. The number of nitrogens with zero attached hydrogens (tertiary/aromatic N) is 2. The van der Waals surface area contributed by atoms with Crippen molar-refractivity contribution < 1.29 is 24.0 Å². The van der Waals surface area contributed by atoms with E-state index in [1.165, 1.54) is 6.07 Å². The average Bonchev–Trinajstić information content (AvgIpc) is 3.67. The molecule has 9 nitrogen and oxygen atoms in total. The standard InChI is InChI=1S/C28H23N3O6/c32-26(17-10-11-22-23(14-17)37-15-36-22)25-24(16-5-3-6-18(13-16)31(34)35)21-9-4-12-30(21)28(25)19-7-1-2-8-20(19)29-27(28)33/h1-3,5-8,10-11,13-14,21,24-25H,4,9,12,15H2,(H,29,33)/t21-,24+,25+,28-/m1/s1. The molecule has 1 spiro atoms. The number of ketones is 1. The summed E-state index contributed by atoms with van der Waals surface area (Å²) in [7, 11) is 0. The number of nitro groups is 1. The Bertz CT molecular complexity index is 1490. The largest absolute Gasteiger partial charge is 0.454 e. The number of non-ortho nitro benzene ring substituents is 1. The fourth-order valence-electron chi connectivity index (χ4n) is 6.97. The van der Waals surface area contributed by atoms with Crippen LogP contribution >= 0.6 is 0 Å². The Morgan fingerprint density at radius 1 is 1.05 bits per heavy atom. The topological polar surface area (TPSA) is 111 Å². The van der Waals surface area contributed by atoms with Crippen molar-refractivity contribution in [3.63, 3.8) is 0 Å². The van der Waals surface area contributed by atoms with Gasteiger partial charge in [0.05, 0.1) is 10.8 Å². The van der Waals surface area contributed by atoms with E-state index < -0.39 is 22.3 Å². The Labute approximate surface area is 212 Å². The van der Waals surface area contributed by atoms with Crippen LogP contribution in [0.2, 0.25) is 0 Å². The summed E-state index contributed by atoms with van der Waals surface area (Å²) in [4.78, 5) is 42.0. The van der Waals surface area contributed by atoms with Crippen molar-refractivity contribution in [1.82, 2.24) is 4.90 Å². The predicted octanol–water partition coefficient (Wildman–Crippen LogP) is 4.23. The number of rotatable bonds is 4. The minimum Gasteiger partial charge on any atom is -0.454 e. The number of carbonyl (C=O) groups is 2. The lowest BCUT2D eigenvalue weighted by Crippen LogP contribution is -2.52. The van der Waals surface area contributed by atoms with Gasteiger partial charge in [-0.25, -0.2) is 0 Å². The van der Waals surface area contributed by atoms with Crippen molar-refractivity contribution >= 4 is 23.1 Å². The molecule has 1 amide bonds. The number of fused-ring (bicyclic) bond motifs is 5. The first-order valence-electron chi connectivity index (χ1n) is 12.4. The van der Waals surface area contributed by atoms with Crippen LogP contribution in [0.4, 0.5) is 11.4 Å². The van der Waals surface area contributed by atoms with Gasteiger partial charge >= 0.3 is 0 Å². The third-order valence-electron chi connectivity index (χ3n) is 8.31. The van der Waals surface area contributed by atoms with Crippen molar-refractivity contribution in [2.45, 2.75) is 30.3 Å². The highest BCUT2D eigenvalue weighted by Crippen LogP contribution is 2.61. The van der Waals surface area contributed by atoms with Crippen LogP contribution in [0.25, 0.3) is 0 Å². The maximum Gasteiger partial charge on any atom is 0.269 e. The molecule has 0 unspecified atom stereocenters. The van der Waals surface area contributed by atoms with Crippen LogP contribution in [0.3, 0.4) is 0 Å². The molecule has 186 valence electrons. The van der Waals surface area contributed by atoms with Crippen LogP contribution < -0.4 is 14.8 Å². The van der Waals surface area contributed by atoms with Gasteiger partial charge in [0.25, 0.3) is 5.69 Å². The second-order valence-corrected chi connectivity index (χ2v) is 9.96. The molecule has 2 saturated heterocycles. The van der Waals surface area contributed by atoms with Crippen LogP contribution in [-0.4, -0.2) is 40.9 Å². The summed E-state index contributed by atoms with van der Waals surface area (Å²) in [5.41, 5.74) is 1.33. The molecule has 3 aromatic rings. The zero-order valence-electron chi connectivity index (χ0n) is 19.8. The molecular formula is C28H23N3O6. The summed E-state index contributed by atoms with van der Waals surface area (Å²) in [6, 6.07) is 19.0. The summed E-state index contributed by atoms with van der Waals surface area (Å²) >= 11 is 0. The quantitative estimate of drug-likeness (QED) is 0.326. The molecule has 0 aliphatic carbocycles. The number of benzene rings is 3. The number of Topliss-reactive ketones (excluding diaryl/α,β-unsaturated/α-hetero) is 1. The van der Waals surface area contributed by atoms with Gasteiger partial charge in [0.1, 0.15) is 5.54 Å². The van der Waals surface area contributed by atoms with Gasteiger partial charge in [-0.05, 0) is 49.2 Å². The van der Waals surface area contributed by atoms with Crippen molar-refractivity contribution in [2.75, 3.05) is 18.7 Å². The van der Waals surface area contributed by atoms with Crippen LogP contribution in [-0.2, 0) is 10.3 Å². The van der Waals surface area contributed by atoms with E-state index >= 15 is 0 Å². The van der Waals surface area contributed by atoms with Gasteiger partial charge in [0, 0.05) is 40.9 Å². The first kappa shape index (κ1) is 22.0. The van der Waals surface area contributed by atoms with Crippen LogP contribution in [0.5, 0.6) is 11.5 Å². The Morgan fingerprint density at radius 3 is 2.76 bits per heavy atom. The predicted molar refractivity (Wildman–Crippen MR) is 133 cm³/mol. The highest BCUT2D eigenvalue weighted by molar-refractivity contribution is 6.12. The van der Waals surface area contributed by atoms with Crippen molar-refractivity contribution in [3.8, 4) is 11.5 Å². The Kier molecular flexibility index (Phi) is 4.68. The van der Waals surface area contributed by atoms with Gasteiger partial charge in [0.15, 0.2) is 17.3 Å². The van der Waals surface area contributed by atoms with E-state index in [0.717, 1.165) is 18.4 Å². The summed E-state index contributed by atoms with van der Waals surface area (Å²) in [6.07, 6.45) is 1.66. The summed E-state index contributed by atoms with van der Waals surface area (Å²) in [5, 5.41) is 14.7. The van der Waals surface area contributed by atoms with Gasteiger partial charge in [-0.2, -0.15) is 0 Å². The molecule has 0 radical (unpaired) electrons. The molecule has 4 heterocycles. The first-order valence-corrected chi connectivity index (χ1v) is 12.4. The molecule has 1 N–H and O–H groups in total. The fraction of sp³-hybridized carbons (Fsp3) is 0.286. The number of ether oxygens (including phenoxy) is 2. The van der Waals surface area contributed by atoms with Gasteiger partial charge in [-0.1, -0.05) is 30.3 Å². The molecule has 3 aromatic carbocycles. The number of hydrogen-bond acceptors (Lipinski definition) is 7. The molecule has 4 atom stereocenters. The Morgan fingerprint density at radius 2 is 1.89 bits per heavy atom. The Hall–Kier alpha value is -4.24. The summed E-state index contributed by atoms with van der Waals surface area (Å²) in [5.74, 6) is -0.594. The van der Waals surface area contributed by atoms with Gasteiger partial charge in [-0.15, -0.1) is 0 Å². The van der Waals surface area contributed by atoms with E-state index in [2.05, 4.69) is 10.2 Å². The first-order chi connectivity index (χ1) is 18.0. The van der Waals surface area contributed by atoms with Gasteiger partial charge in [-0.3, -0.25) is 24.6 Å². The molecule has 37 heavy (non-hydrogen) atoms. The molecule has 9 heteroatoms. The number of amides is 1. The fourth-order valence-corrected chi connectivity index (χ4v) is 6.97. The lowest BCUT2D eigenvalue weighted by Gasteiger charge is -2.36. The monoisotopic (exact) mass is 497 g/mol. The number of hydrogen-bond donors (Lipinski definition) is 1. The van der Waals surface area contributed by atoms with E-state index in [4.69, 9.17) is 9.47 Å². The molecule has 4 aliphatic heterocycles. The number of carbonyl (C=O) groups excluding carboxylic acids is 2. The minimum absolute atomic E-state index is 0.0338.